The summed E-state index contributed by atoms with van der Waals surface area (Å²) in [4.78, 5) is 55.2. The van der Waals surface area contributed by atoms with Crippen LogP contribution in [0.1, 0.15) is 204 Å². The summed E-state index contributed by atoms with van der Waals surface area (Å²) in [5.41, 5.74) is 21.5. The number of benzene rings is 5. The fourth-order valence-electron chi connectivity index (χ4n) is 17.2. The number of hydrogen-bond donors (Lipinski definition) is 5. The molecular formula is C94H115FN18O4. The van der Waals surface area contributed by atoms with Gasteiger partial charge in [0.15, 0.2) is 23.3 Å². The molecule has 5 aromatic heterocycles. The van der Waals surface area contributed by atoms with Gasteiger partial charge in [0.2, 0.25) is 23.6 Å². The average molecular weight is 1580 g/mol. The molecule has 6 aliphatic carbocycles. The molecule has 0 spiro atoms. The van der Waals surface area contributed by atoms with Crippen molar-refractivity contribution in [3.05, 3.63) is 213 Å². The smallest absolute Gasteiger partial charge is 0.219 e. The normalized spacial score (nSPS) is 17.4. The van der Waals surface area contributed by atoms with Gasteiger partial charge in [0.05, 0.1) is 26.2 Å². The Morgan fingerprint density at radius 3 is 1.05 bits per heavy atom. The summed E-state index contributed by atoms with van der Waals surface area (Å²) >= 11 is 0. The molecule has 23 heteroatoms. The second-order valence-electron chi connectivity index (χ2n) is 34.1. The van der Waals surface area contributed by atoms with Gasteiger partial charge in [0.1, 0.15) is 5.82 Å². The minimum Gasteiger partial charge on any atom is -0.338 e. The lowest BCUT2D eigenvalue weighted by atomic mass is 9.84. The van der Waals surface area contributed by atoms with Crippen LogP contribution in [0.3, 0.4) is 0 Å². The quantitative estimate of drug-likeness (QED) is 0.0508. The van der Waals surface area contributed by atoms with Crippen LogP contribution in [0.15, 0.2) is 146 Å². The van der Waals surface area contributed by atoms with Gasteiger partial charge in [-0.25, -0.2) is 4.39 Å². The SMILES string of the molecule is CC(=O)N1CCc2c(c(Nc3ccc(-c4ccc(F)cc4)cc3)nn2CC2CC2)C1.CC(=O)N1CCc2c(c(Nc3ccc(C)cc3)nn2CC2CC2)C1.CC(=O)N1CCc2c(c(Nc3ccc(C4=CCCCC4)cc3)nn2CC2CC2)C1.CC(=O)N1CCc2c(c(Nc3ccc(C4CCCCC4)cc3)nn2CC2CC2)C1.c1cn[nH]c1. The first-order valence-corrected chi connectivity index (χ1v) is 43.2. The van der Waals surface area contributed by atoms with Gasteiger partial charge in [-0.2, -0.15) is 25.5 Å². The monoisotopic (exact) mass is 1580 g/mol. The molecule has 0 atom stereocenters. The molecule has 5 saturated carbocycles. The minimum absolute atomic E-state index is 0.102. The summed E-state index contributed by atoms with van der Waals surface area (Å²) < 4.78 is 21.9. The Balaban J connectivity index is 0.000000115. The molecule has 5 fully saturated rings. The standard InChI is InChI=1S/C24H25FN4O.C24H32N4O.C24H30N4O.C19H24N4O.C3H4N2/c1-16(30)28-13-12-23-22(15-28)24(27-29(23)14-17-2-3-17)26-21-10-6-19(7-11-21)18-4-8-20(25)9-5-18;2*1-17(29)27-14-13-23-22(16-27)24(26-28(23)15-18-7-8-18)25-21-11-9-20(10-12-21)19-5-3-2-4-6-19;1-13-3-7-16(8-4-13)20-19-17-12-22(14(2)24)10-9-18(17)23(21-19)11-15-5-6-15;1-2-4-5-3-1/h4-11,17H,2-3,12-15H2,1H3,(H,26,27);9-12,18-19H,2-8,13-16H2,1H3,(H,25,26);5,9-12,18H,2-4,6-8,13-16H2,1H3,(H,25,26);3-4,7-8,15H,5-6,9-12H2,1-2H3,(H,20,21);1-3H,(H,4,5). The Kier molecular flexibility index (Phi) is 24.9. The second-order valence-corrected chi connectivity index (χ2v) is 34.1. The maximum Gasteiger partial charge on any atom is 0.219 e. The topological polar surface area (TPSA) is 229 Å². The summed E-state index contributed by atoms with van der Waals surface area (Å²) in [5.74, 6) is 7.69. The van der Waals surface area contributed by atoms with E-state index < -0.39 is 0 Å². The molecule has 22 nitrogen and oxygen atoms in total. The molecule has 0 unspecified atom stereocenters. The molecule has 20 rings (SSSR count). The highest BCUT2D eigenvalue weighted by atomic mass is 19.1. The first-order valence-electron chi connectivity index (χ1n) is 43.2. The maximum absolute atomic E-state index is 13.2. The second kappa shape index (κ2) is 36.6. The molecule has 5 aromatic carbocycles. The number of rotatable bonds is 19. The number of anilines is 8. The van der Waals surface area contributed by atoms with Crippen LogP contribution in [0, 0.1) is 36.4 Å². The Hall–Kier alpha value is -11.1. The fourth-order valence-corrected chi connectivity index (χ4v) is 17.2. The highest BCUT2D eigenvalue weighted by Crippen LogP contribution is 2.41. The molecule has 0 radical (unpaired) electrons. The van der Waals surface area contributed by atoms with Crippen molar-refractivity contribution in [2.24, 2.45) is 23.7 Å². The number of H-pyrrole nitrogens is 1. The minimum atomic E-state index is -0.233. The zero-order chi connectivity index (χ0) is 80.5. The van der Waals surface area contributed by atoms with Crippen molar-refractivity contribution in [3.63, 3.8) is 0 Å². The van der Waals surface area contributed by atoms with Crippen molar-refractivity contribution in [2.45, 2.75) is 228 Å². The summed E-state index contributed by atoms with van der Waals surface area (Å²) in [6, 6.07) is 42.5. The number of nitrogens with one attached hydrogen (secondary N) is 5. The molecule has 612 valence electrons. The van der Waals surface area contributed by atoms with E-state index in [2.05, 4.69) is 136 Å². The van der Waals surface area contributed by atoms with E-state index in [0.29, 0.717) is 26.2 Å². The Morgan fingerprint density at radius 2 is 0.744 bits per heavy atom. The summed E-state index contributed by atoms with van der Waals surface area (Å²) in [6.07, 6.45) is 31.6. The summed E-state index contributed by atoms with van der Waals surface area (Å²) in [6.45, 7) is 18.4. The van der Waals surface area contributed by atoms with E-state index in [1.165, 1.54) is 183 Å². The fraction of sp³-hybridized carbons (Fsp3) is 0.457. The van der Waals surface area contributed by atoms with Crippen LogP contribution < -0.4 is 21.3 Å². The number of nitrogens with zero attached hydrogens (tertiary/aromatic N) is 13. The number of allylic oxidation sites excluding steroid dienone is 2. The number of hydrogen-bond acceptors (Lipinski definition) is 13. The third-order valence-electron chi connectivity index (χ3n) is 24.9. The van der Waals surface area contributed by atoms with Crippen molar-refractivity contribution in [2.75, 3.05) is 47.4 Å². The highest BCUT2D eigenvalue weighted by Gasteiger charge is 2.35. The average Bonchev–Trinajstić information content (AvgIpc) is 1.65. The predicted molar refractivity (Wildman–Crippen MR) is 459 cm³/mol. The van der Waals surface area contributed by atoms with Crippen molar-refractivity contribution < 1.29 is 23.6 Å². The molecular weight excluding hydrogens is 1460 g/mol. The third-order valence-corrected chi connectivity index (χ3v) is 24.9. The highest BCUT2D eigenvalue weighted by molar-refractivity contribution is 5.78. The van der Waals surface area contributed by atoms with Gasteiger partial charge in [-0.15, -0.1) is 0 Å². The number of carbonyl (C=O) groups excluding carboxylic acids is 4. The zero-order valence-corrected chi connectivity index (χ0v) is 68.9. The number of aryl methyl sites for hydroxylation is 1. The molecule has 0 saturated heterocycles. The van der Waals surface area contributed by atoms with E-state index >= 15 is 0 Å². The molecule has 5 N–H and O–H groups in total. The van der Waals surface area contributed by atoms with E-state index in [-0.39, 0.29) is 29.4 Å². The number of halogens is 1. The molecule has 0 bridgehead atoms. The van der Waals surface area contributed by atoms with Crippen molar-refractivity contribution in [1.82, 2.24) is 68.9 Å². The van der Waals surface area contributed by atoms with Gasteiger partial charge >= 0.3 is 0 Å². The maximum atomic E-state index is 13.2. The van der Waals surface area contributed by atoms with Gasteiger partial charge in [0, 0.05) is 186 Å². The molecule has 4 amide bonds. The lowest BCUT2D eigenvalue weighted by molar-refractivity contribution is -0.130. The van der Waals surface area contributed by atoms with E-state index in [1.807, 2.05) is 49.9 Å². The van der Waals surface area contributed by atoms with Crippen LogP contribution in [0.25, 0.3) is 16.7 Å². The predicted octanol–water partition coefficient (Wildman–Crippen LogP) is 18.3. The lowest BCUT2D eigenvalue weighted by Crippen LogP contribution is -2.34. The first kappa shape index (κ1) is 79.7. The van der Waals surface area contributed by atoms with Crippen LogP contribution in [0.5, 0.6) is 0 Å². The number of fused-ring (bicyclic) bond motifs is 4. The number of amides is 4. The van der Waals surface area contributed by atoms with E-state index in [1.54, 1.807) is 52.2 Å². The largest absolute Gasteiger partial charge is 0.338 e. The van der Waals surface area contributed by atoms with E-state index in [9.17, 15) is 23.6 Å². The Morgan fingerprint density at radius 1 is 0.402 bits per heavy atom. The van der Waals surface area contributed by atoms with Crippen molar-refractivity contribution >= 4 is 75.2 Å². The van der Waals surface area contributed by atoms with Gasteiger partial charge < -0.3 is 40.9 Å². The molecule has 10 aliphatic rings. The molecule has 4 aliphatic heterocycles. The van der Waals surface area contributed by atoms with Crippen LogP contribution in [0.4, 0.5) is 50.4 Å². The molecule has 117 heavy (non-hydrogen) atoms. The summed E-state index contributed by atoms with van der Waals surface area (Å²) in [7, 11) is 0. The first-order chi connectivity index (χ1) is 57.0. The van der Waals surface area contributed by atoms with Gasteiger partial charge in [0.25, 0.3) is 0 Å². The lowest BCUT2D eigenvalue weighted by Gasteiger charge is -2.27. The van der Waals surface area contributed by atoms with E-state index in [0.717, 1.165) is 170 Å². The number of aromatic amines is 1. The van der Waals surface area contributed by atoms with Crippen molar-refractivity contribution in [1.29, 1.82) is 0 Å². The molecule has 10 aromatic rings. The third kappa shape index (κ3) is 20.7. The van der Waals surface area contributed by atoms with Crippen LogP contribution in [-0.2, 0) is 97.2 Å². The van der Waals surface area contributed by atoms with Crippen LogP contribution >= 0.6 is 0 Å². The number of carbonyl (C=O) groups is 4. The Labute approximate surface area is 687 Å². The summed E-state index contributed by atoms with van der Waals surface area (Å²) in [5, 5.41) is 39.8. The molecule has 9 heterocycles. The van der Waals surface area contributed by atoms with Gasteiger partial charge in [-0.1, -0.05) is 91.6 Å². The number of aromatic nitrogens is 10. The zero-order valence-electron chi connectivity index (χ0n) is 68.9. The Bertz CT molecular complexity index is 5080. The van der Waals surface area contributed by atoms with Crippen LogP contribution in [0.2, 0.25) is 0 Å². The van der Waals surface area contributed by atoms with Crippen LogP contribution in [-0.4, -0.2) is 119 Å². The van der Waals surface area contributed by atoms with Gasteiger partial charge in [-0.3, -0.25) is 43.0 Å². The van der Waals surface area contributed by atoms with Gasteiger partial charge in [-0.05, 0) is 221 Å². The van der Waals surface area contributed by atoms with E-state index in [4.69, 9.17) is 20.4 Å². The van der Waals surface area contributed by atoms with Crippen molar-refractivity contribution in [3.8, 4) is 11.1 Å².